The fourth-order valence-electron chi connectivity index (χ4n) is 1.49. The minimum atomic E-state index is -1.08. The highest BCUT2D eigenvalue weighted by Crippen LogP contribution is 2.24. The Hall–Kier alpha value is -1.56. The van der Waals surface area contributed by atoms with E-state index in [4.69, 9.17) is 5.11 Å². The third-order valence-corrected chi connectivity index (χ3v) is 2.79. The molecule has 0 aliphatic heterocycles. The van der Waals surface area contributed by atoms with Crippen LogP contribution in [0, 0.1) is 0 Å². The van der Waals surface area contributed by atoms with Crippen LogP contribution in [0.2, 0.25) is 0 Å². The number of aromatic carboxylic acids is 1. The summed E-state index contributed by atoms with van der Waals surface area (Å²) in [6.45, 7) is 0. The molecule has 2 heterocycles. The maximum absolute atomic E-state index is 11.6. The average Bonchev–Trinajstić information content (AvgIpc) is 2.58. The van der Waals surface area contributed by atoms with Crippen molar-refractivity contribution in [2.24, 2.45) is 7.05 Å². The van der Waals surface area contributed by atoms with Crippen LogP contribution < -0.4 is 5.56 Å². The van der Waals surface area contributed by atoms with E-state index in [2.05, 4.69) is 20.9 Å². The molecule has 0 unspecified atom stereocenters. The molecule has 5 nitrogen and oxygen atoms in total. The number of hydrogen-bond acceptors (Lipinski definition) is 2. The minimum Gasteiger partial charge on any atom is -0.477 e. The topological polar surface area (TPSA) is 75.1 Å². The number of aromatic amines is 1. The van der Waals surface area contributed by atoms with Crippen molar-refractivity contribution >= 4 is 32.7 Å². The highest BCUT2D eigenvalue weighted by molar-refractivity contribution is 9.10. The Bertz CT molecular complexity index is 612. The van der Waals surface area contributed by atoms with Gasteiger partial charge in [-0.05, 0) is 15.9 Å². The Morgan fingerprint density at radius 1 is 1.60 bits per heavy atom. The standard InChI is InChI=1S/C9H7BrN2O3/c1-12-3-5(10)6-4(8(12)13)2-11-7(6)9(14)15/h2-3,11H,1H3,(H,14,15). The summed E-state index contributed by atoms with van der Waals surface area (Å²) in [5.74, 6) is -1.08. The van der Waals surface area contributed by atoms with Crippen molar-refractivity contribution in [1.82, 2.24) is 9.55 Å². The van der Waals surface area contributed by atoms with Crippen LogP contribution in [-0.2, 0) is 7.05 Å². The van der Waals surface area contributed by atoms with E-state index < -0.39 is 5.97 Å². The molecule has 2 rings (SSSR count). The summed E-state index contributed by atoms with van der Waals surface area (Å²) in [6.07, 6.45) is 2.96. The highest BCUT2D eigenvalue weighted by atomic mass is 79.9. The molecule has 2 aromatic rings. The zero-order valence-corrected chi connectivity index (χ0v) is 9.33. The van der Waals surface area contributed by atoms with Gasteiger partial charge in [-0.2, -0.15) is 0 Å². The molecule has 2 aromatic heterocycles. The molecular weight excluding hydrogens is 264 g/mol. The van der Waals surface area contributed by atoms with Gasteiger partial charge < -0.3 is 14.7 Å². The van der Waals surface area contributed by atoms with Gasteiger partial charge in [0.15, 0.2) is 0 Å². The second-order valence-corrected chi connectivity index (χ2v) is 4.00. The lowest BCUT2D eigenvalue weighted by Crippen LogP contribution is -2.15. The van der Waals surface area contributed by atoms with E-state index in [-0.39, 0.29) is 11.3 Å². The van der Waals surface area contributed by atoms with E-state index in [9.17, 15) is 9.59 Å². The summed E-state index contributed by atoms with van der Waals surface area (Å²) in [6, 6.07) is 0. The lowest BCUT2D eigenvalue weighted by molar-refractivity contribution is 0.0693. The van der Waals surface area contributed by atoms with Crippen molar-refractivity contribution in [1.29, 1.82) is 0 Å². The Labute approximate surface area is 92.5 Å². The minimum absolute atomic E-state index is 0.0228. The summed E-state index contributed by atoms with van der Waals surface area (Å²) in [7, 11) is 1.61. The van der Waals surface area contributed by atoms with Gasteiger partial charge >= 0.3 is 5.97 Å². The zero-order valence-electron chi connectivity index (χ0n) is 7.74. The molecular formula is C9H7BrN2O3. The number of carbonyl (C=O) groups is 1. The Morgan fingerprint density at radius 2 is 2.27 bits per heavy atom. The van der Waals surface area contributed by atoms with Crippen LogP contribution in [0.1, 0.15) is 10.5 Å². The van der Waals surface area contributed by atoms with Gasteiger partial charge in [0.1, 0.15) is 5.69 Å². The third kappa shape index (κ3) is 1.37. The van der Waals surface area contributed by atoms with Crippen molar-refractivity contribution in [3.63, 3.8) is 0 Å². The van der Waals surface area contributed by atoms with Gasteiger partial charge in [-0.3, -0.25) is 4.79 Å². The summed E-state index contributed by atoms with van der Waals surface area (Å²) in [5.41, 5.74) is -0.202. The number of aryl methyl sites for hydroxylation is 1. The maximum Gasteiger partial charge on any atom is 0.352 e. The number of hydrogen-bond donors (Lipinski definition) is 2. The Morgan fingerprint density at radius 3 is 2.87 bits per heavy atom. The first-order chi connectivity index (χ1) is 7.02. The molecule has 0 spiro atoms. The van der Waals surface area contributed by atoms with Crippen molar-refractivity contribution in [2.75, 3.05) is 0 Å². The van der Waals surface area contributed by atoms with Crippen LogP contribution in [0.25, 0.3) is 10.8 Å². The van der Waals surface area contributed by atoms with Gasteiger partial charge in [-0.25, -0.2) is 4.79 Å². The largest absolute Gasteiger partial charge is 0.477 e. The quantitative estimate of drug-likeness (QED) is 0.821. The second kappa shape index (κ2) is 3.23. The number of pyridine rings is 1. The molecule has 78 valence electrons. The van der Waals surface area contributed by atoms with Gasteiger partial charge in [0.25, 0.3) is 5.56 Å². The molecule has 2 N–H and O–H groups in total. The second-order valence-electron chi connectivity index (χ2n) is 3.15. The van der Waals surface area contributed by atoms with Crippen molar-refractivity contribution in [2.45, 2.75) is 0 Å². The molecule has 6 heteroatoms. The third-order valence-electron chi connectivity index (χ3n) is 2.19. The number of carboxylic acids is 1. The first-order valence-electron chi connectivity index (χ1n) is 4.12. The van der Waals surface area contributed by atoms with Gasteiger partial charge in [-0.15, -0.1) is 0 Å². The number of nitrogens with zero attached hydrogens (tertiary/aromatic N) is 1. The number of carboxylic acid groups (broad SMARTS) is 1. The molecule has 0 aromatic carbocycles. The van der Waals surface area contributed by atoms with Crippen LogP contribution in [0.3, 0.4) is 0 Å². The van der Waals surface area contributed by atoms with E-state index in [1.165, 1.54) is 10.8 Å². The molecule has 0 bridgehead atoms. The maximum atomic E-state index is 11.6. The summed E-state index contributed by atoms with van der Waals surface area (Å²) < 4.78 is 1.98. The fourth-order valence-corrected chi connectivity index (χ4v) is 2.21. The number of rotatable bonds is 1. The normalized spacial score (nSPS) is 10.8. The van der Waals surface area contributed by atoms with Gasteiger partial charge in [0.05, 0.1) is 5.39 Å². The number of nitrogens with one attached hydrogen (secondary N) is 1. The molecule has 0 aliphatic rings. The van der Waals surface area contributed by atoms with E-state index in [1.807, 2.05) is 0 Å². The van der Waals surface area contributed by atoms with Crippen LogP contribution in [-0.4, -0.2) is 20.6 Å². The van der Waals surface area contributed by atoms with E-state index in [1.54, 1.807) is 13.2 Å². The van der Waals surface area contributed by atoms with E-state index >= 15 is 0 Å². The smallest absolute Gasteiger partial charge is 0.352 e. The molecule has 0 aliphatic carbocycles. The molecule has 15 heavy (non-hydrogen) atoms. The van der Waals surface area contributed by atoms with Crippen LogP contribution in [0.5, 0.6) is 0 Å². The van der Waals surface area contributed by atoms with E-state index in [0.717, 1.165) is 0 Å². The van der Waals surface area contributed by atoms with Gasteiger partial charge in [-0.1, -0.05) is 0 Å². The Balaban J connectivity index is 3.00. The highest BCUT2D eigenvalue weighted by Gasteiger charge is 2.16. The summed E-state index contributed by atoms with van der Waals surface area (Å²) >= 11 is 3.24. The van der Waals surface area contributed by atoms with Gasteiger partial charge in [0.2, 0.25) is 0 Å². The van der Waals surface area contributed by atoms with Crippen molar-refractivity contribution in [3.05, 3.63) is 32.9 Å². The molecule has 0 amide bonds. The number of fused-ring (bicyclic) bond motifs is 1. The fraction of sp³-hybridized carbons (Fsp3) is 0.111. The molecule has 0 atom stereocenters. The van der Waals surface area contributed by atoms with Crippen LogP contribution >= 0.6 is 15.9 Å². The van der Waals surface area contributed by atoms with Crippen LogP contribution in [0.15, 0.2) is 21.7 Å². The number of halogens is 1. The predicted octanol–water partition coefficient (Wildman–Crippen LogP) is 1.33. The first kappa shape index (κ1) is 9.97. The molecule has 0 fully saturated rings. The first-order valence-corrected chi connectivity index (χ1v) is 4.91. The lowest BCUT2D eigenvalue weighted by Gasteiger charge is -2.00. The van der Waals surface area contributed by atoms with Crippen molar-refractivity contribution in [3.8, 4) is 0 Å². The average molecular weight is 271 g/mol. The SMILES string of the molecule is Cn1cc(Br)c2c(C(=O)O)[nH]cc2c1=O. The summed E-state index contributed by atoms with van der Waals surface area (Å²) in [4.78, 5) is 25.1. The van der Waals surface area contributed by atoms with Crippen LogP contribution in [0.4, 0.5) is 0 Å². The number of aromatic nitrogens is 2. The molecule has 0 saturated carbocycles. The predicted molar refractivity (Wildman–Crippen MR) is 58.2 cm³/mol. The summed E-state index contributed by atoms with van der Waals surface area (Å²) in [5, 5.41) is 9.67. The van der Waals surface area contributed by atoms with Crippen molar-refractivity contribution < 1.29 is 9.90 Å². The Kier molecular flexibility index (Phi) is 2.15. The van der Waals surface area contributed by atoms with E-state index in [0.29, 0.717) is 15.2 Å². The number of H-pyrrole nitrogens is 1. The monoisotopic (exact) mass is 270 g/mol. The zero-order chi connectivity index (χ0) is 11.2. The van der Waals surface area contributed by atoms with Gasteiger partial charge in [0, 0.05) is 29.3 Å². The lowest BCUT2D eigenvalue weighted by atomic mass is 10.2. The molecule has 0 radical (unpaired) electrons. The molecule has 0 saturated heterocycles.